The number of ether oxygens (including phenoxy) is 2. The number of carbonyl (C=O) groups is 1. The molecule has 1 fully saturated rings. The van der Waals surface area contributed by atoms with Crippen LogP contribution in [0, 0.1) is 0 Å². The highest BCUT2D eigenvalue weighted by Gasteiger charge is 2.22. The first-order valence-electron chi connectivity index (χ1n) is 9.47. The molecule has 140 valence electrons. The minimum absolute atomic E-state index is 0.0513. The molecule has 1 aliphatic carbocycles. The van der Waals surface area contributed by atoms with Gasteiger partial charge in [0.2, 0.25) is 0 Å². The van der Waals surface area contributed by atoms with E-state index in [2.05, 4.69) is 10.6 Å². The van der Waals surface area contributed by atoms with E-state index in [-0.39, 0.29) is 11.9 Å². The van der Waals surface area contributed by atoms with Crippen molar-refractivity contribution in [3.8, 4) is 11.5 Å². The van der Waals surface area contributed by atoms with Crippen LogP contribution in [-0.2, 0) is 11.3 Å². The minimum Gasteiger partial charge on any atom is -0.493 e. The molecule has 2 rings (SSSR count). The molecule has 25 heavy (non-hydrogen) atoms. The molecule has 5 nitrogen and oxygen atoms in total. The van der Waals surface area contributed by atoms with Gasteiger partial charge in [-0.05, 0) is 50.3 Å². The highest BCUT2D eigenvalue weighted by Crippen LogP contribution is 2.27. The van der Waals surface area contributed by atoms with Crippen molar-refractivity contribution in [1.82, 2.24) is 5.32 Å². The van der Waals surface area contributed by atoms with Crippen LogP contribution in [0.15, 0.2) is 18.2 Å². The third-order valence-corrected chi connectivity index (χ3v) is 5.04. The number of nitrogens with one attached hydrogen (secondary N) is 1. The van der Waals surface area contributed by atoms with Crippen molar-refractivity contribution >= 4 is 5.91 Å². The normalized spacial score (nSPS) is 17.2. The zero-order valence-corrected chi connectivity index (χ0v) is 15.8. The van der Waals surface area contributed by atoms with Gasteiger partial charge >= 0.3 is 0 Å². The number of benzene rings is 1. The molecule has 0 spiro atoms. The predicted octanol–water partition coefficient (Wildman–Crippen LogP) is 2.38. The van der Waals surface area contributed by atoms with E-state index in [9.17, 15) is 4.79 Å². The lowest BCUT2D eigenvalue weighted by Gasteiger charge is -2.21. The van der Waals surface area contributed by atoms with Gasteiger partial charge < -0.3 is 20.1 Å². The molecule has 1 aromatic rings. The number of nitrogens with two attached hydrogens (primary N) is 1. The molecule has 1 atom stereocenters. The van der Waals surface area contributed by atoms with Crippen molar-refractivity contribution in [3.05, 3.63) is 23.8 Å². The summed E-state index contributed by atoms with van der Waals surface area (Å²) in [5.41, 5.74) is 1.00. The van der Waals surface area contributed by atoms with Crippen LogP contribution in [0.5, 0.6) is 11.5 Å². The molecular weight excluding hydrogens is 316 g/mol. The maximum atomic E-state index is 12.4. The van der Waals surface area contributed by atoms with Crippen molar-refractivity contribution in [2.24, 2.45) is 0 Å². The Labute approximate surface area is 151 Å². The summed E-state index contributed by atoms with van der Waals surface area (Å²) >= 11 is 0. The summed E-state index contributed by atoms with van der Waals surface area (Å²) in [4.78, 5) is 12.4. The van der Waals surface area contributed by atoms with Gasteiger partial charge in [-0.2, -0.15) is 0 Å². The van der Waals surface area contributed by atoms with Gasteiger partial charge in [0.25, 0.3) is 5.91 Å². The summed E-state index contributed by atoms with van der Waals surface area (Å²) in [7, 11) is 3.23. The van der Waals surface area contributed by atoms with Gasteiger partial charge in [0.15, 0.2) is 17.5 Å². The summed E-state index contributed by atoms with van der Waals surface area (Å²) in [6.07, 6.45) is 9.09. The first kappa shape index (κ1) is 19.6. The van der Waals surface area contributed by atoms with E-state index in [0.29, 0.717) is 24.1 Å². The number of rotatable bonds is 7. The van der Waals surface area contributed by atoms with Gasteiger partial charge in [0, 0.05) is 6.54 Å². The number of hydrogen-bond donors (Lipinski definition) is 2. The lowest BCUT2D eigenvalue weighted by Crippen LogP contribution is -2.96. The van der Waals surface area contributed by atoms with Crippen molar-refractivity contribution in [3.63, 3.8) is 0 Å². The van der Waals surface area contributed by atoms with Crippen LogP contribution in [0.4, 0.5) is 0 Å². The molecular formula is C20H33N2O3+. The van der Waals surface area contributed by atoms with E-state index in [4.69, 9.17) is 9.47 Å². The largest absolute Gasteiger partial charge is 0.493 e. The van der Waals surface area contributed by atoms with Crippen molar-refractivity contribution < 1.29 is 19.6 Å². The molecule has 1 amide bonds. The average molecular weight is 349 g/mol. The number of quaternary nitrogens is 1. The fourth-order valence-electron chi connectivity index (χ4n) is 3.52. The highest BCUT2D eigenvalue weighted by molar-refractivity contribution is 5.79. The monoisotopic (exact) mass is 349 g/mol. The van der Waals surface area contributed by atoms with Crippen molar-refractivity contribution in [2.45, 2.75) is 70.5 Å². The lowest BCUT2D eigenvalue weighted by atomic mass is 9.96. The van der Waals surface area contributed by atoms with Crippen LogP contribution in [0.1, 0.15) is 57.4 Å². The molecule has 5 heteroatoms. The Balaban J connectivity index is 1.82. The first-order valence-corrected chi connectivity index (χ1v) is 9.47. The summed E-state index contributed by atoms with van der Waals surface area (Å²) in [6, 6.07) is 6.25. The molecule has 1 aromatic carbocycles. The maximum Gasteiger partial charge on any atom is 0.278 e. The fraction of sp³-hybridized carbons (Fsp3) is 0.650. The Morgan fingerprint density at radius 2 is 1.76 bits per heavy atom. The van der Waals surface area contributed by atoms with Crippen LogP contribution in [0.25, 0.3) is 0 Å². The Kier molecular flexibility index (Phi) is 8.06. The van der Waals surface area contributed by atoms with Gasteiger partial charge in [-0.1, -0.05) is 25.3 Å². The smallest absolute Gasteiger partial charge is 0.278 e. The molecule has 0 unspecified atom stereocenters. The zero-order valence-electron chi connectivity index (χ0n) is 15.8. The first-order chi connectivity index (χ1) is 12.1. The summed E-state index contributed by atoms with van der Waals surface area (Å²) in [5, 5.41) is 5.30. The van der Waals surface area contributed by atoms with Crippen LogP contribution in [0.3, 0.4) is 0 Å². The second-order valence-corrected chi connectivity index (χ2v) is 6.99. The summed E-state index contributed by atoms with van der Waals surface area (Å²) in [5.74, 6) is 1.48. The molecule has 0 aromatic heterocycles. The van der Waals surface area contributed by atoms with E-state index in [0.717, 1.165) is 5.56 Å². The Morgan fingerprint density at radius 3 is 2.40 bits per heavy atom. The lowest BCUT2D eigenvalue weighted by molar-refractivity contribution is -0.708. The summed E-state index contributed by atoms with van der Waals surface area (Å²) in [6.45, 7) is 2.50. The molecule has 0 radical (unpaired) electrons. The molecule has 1 aliphatic rings. The van der Waals surface area contributed by atoms with Gasteiger partial charge in [0.05, 0.1) is 20.3 Å². The predicted molar refractivity (Wildman–Crippen MR) is 98.9 cm³/mol. The molecule has 0 saturated heterocycles. The SMILES string of the molecule is COc1ccc(CNC(=O)[C@H](C)[NH2+]C2CCCCCCC2)cc1OC. The number of carbonyl (C=O) groups excluding carboxylic acids is 1. The molecule has 0 aliphatic heterocycles. The number of methoxy groups -OCH3 is 2. The average Bonchev–Trinajstić information content (AvgIpc) is 2.61. The zero-order chi connectivity index (χ0) is 18.1. The van der Waals surface area contributed by atoms with Gasteiger partial charge in [-0.15, -0.1) is 0 Å². The highest BCUT2D eigenvalue weighted by atomic mass is 16.5. The van der Waals surface area contributed by atoms with Crippen LogP contribution in [-0.4, -0.2) is 32.2 Å². The second kappa shape index (κ2) is 10.3. The van der Waals surface area contributed by atoms with Gasteiger partial charge in [-0.25, -0.2) is 0 Å². The maximum absolute atomic E-state index is 12.4. The third kappa shape index (κ3) is 6.24. The second-order valence-electron chi connectivity index (χ2n) is 6.99. The topological polar surface area (TPSA) is 64.2 Å². The van der Waals surface area contributed by atoms with E-state index in [1.54, 1.807) is 14.2 Å². The Hall–Kier alpha value is -1.75. The number of amides is 1. The van der Waals surface area contributed by atoms with Gasteiger partial charge in [-0.3, -0.25) is 4.79 Å². The number of hydrogen-bond acceptors (Lipinski definition) is 3. The standard InChI is InChI=1S/C20H32N2O3/c1-15(22-17-9-7-5-4-6-8-10-17)20(23)21-14-16-11-12-18(24-2)19(13-16)25-3/h11-13,15,17,22H,4-10,14H2,1-3H3,(H,21,23)/p+1/t15-/m0/s1. The molecule has 1 saturated carbocycles. The van der Waals surface area contributed by atoms with E-state index < -0.39 is 0 Å². The van der Waals surface area contributed by atoms with Crippen LogP contribution in [0.2, 0.25) is 0 Å². The molecule has 0 heterocycles. The van der Waals surface area contributed by atoms with E-state index in [1.165, 1.54) is 44.9 Å². The Morgan fingerprint density at radius 1 is 1.12 bits per heavy atom. The van der Waals surface area contributed by atoms with Crippen LogP contribution < -0.4 is 20.1 Å². The molecule has 3 N–H and O–H groups in total. The van der Waals surface area contributed by atoms with E-state index in [1.807, 2.05) is 25.1 Å². The van der Waals surface area contributed by atoms with E-state index >= 15 is 0 Å². The molecule has 0 bridgehead atoms. The van der Waals surface area contributed by atoms with Gasteiger partial charge in [0.1, 0.15) is 0 Å². The quantitative estimate of drug-likeness (QED) is 0.794. The minimum atomic E-state index is -0.0513. The van der Waals surface area contributed by atoms with Crippen molar-refractivity contribution in [1.29, 1.82) is 0 Å². The van der Waals surface area contributed by atoms with Crippen molar-refractivity contribution in [2.75, 3.05) is 14.2 Å². The third-order valence-electron chi connectivity index (χ3n) is 5.04. The fourth-order valence-corrected chi connectivity index (χ4v) is 3.52. The van der Waals surface area contributed by atoms with Crippen LogP contribution >= 0.6 is 0 Å². The summed E-state index contributed by atoms with van der Waals surface area (Å²) < 4.78 is 10.6. The Bertz CT molecular complexity index is 540.